The Bertz CT molecular complexity index is 945. The number of benzene rings is 2. The van der Waals surface area contributed by atoms with E-state index >= 15 is 0 Å². The number of carbonyl (C=O) groups excluding carboxylic acids is 1. The molecule has 0 unspecified atom stereocenters. The maximum atomic E-state index is 12.7. The highest BCUT2D eigenvalue weighted by molar-refractivity contribution is 7.92. The number of carbonyl (C=O) groups is 1. The zero-order valence-electron chi connectivity index (χ0n) is 15.4. The molecule has 0 radical (unpaired) electrons. The second kappa shape index (κ2) is 8.49. The third kappa shape index (κ3) is 5.27. The average molecular weight is 413 g/mol. The molecule has 0 heterocycles. The van der Waals surface area contributed by atoms with Gasteiger partial charge in [0.15, 0.2) is 6.61 Å². The first kappa shape index (κ1) is 20.9. The van der Waals surface area contributed by atoms with Gasteiger partial charge in [-0.3, -0.25) is 9.52 Å². The zero-order chi connectivity index (χ0) is 20.2. The lowest BCUT2D eigenvalue weighted by Crippen LogP contribution is -2.27. The van der Waals surface area contributed by atoms with Crippen LogP contribution in [-0.2, 0) is 14.8 Å². The second-order valence-corrected chi connectivity index (χ2v) is 8.07. The van der Waals surface area contributed by atoms with E-state index in [0.29, 0.717) is 22.1 Å². The standard InChI is InChI=1S/C18H21ClN2O5S/c1-12-9-14(6-8-16(12)26-11-18(22)21(2)3)27(23,24)20-15-10-13(19)5-7-17(15)25-4/h5-10,20H,11H2,1-4H3. The quantitative estimate of drug-likeness (QED) is 0.755. The van der Waals surface area contributed by atoms with E-state index < -0.39 is 10.0 Å². The van der Waals surface area contributed by atoms with Crippen molar-refractivity contribution in [1.82, 2.24) is 4.90 Å². The zero-order valence-corrected chi connectivity index (χ0v) is 17.0. The molecule has 1 amide bonds. The van der Waals surface area contributed by atoms with Gasteiger partial charge in [-0.25, -0.2) is 8.42 Å². The predicted octanol–water partition coefficient (Wildman–Crippen LogP) is 2.92. The van der Waals surface area contributed by atoms with Crippen molar-refractivity contribution in [2.24, 2.45) is 0 Å². The summed E-state index contributed by atoms with van der Waals surface area (Å²) in [4.78, 5) is 13.1. The van der Waals surface area contributed by atoms with Gasteiger partial charge in [-0.05, 0) is 48.9 Å². The number of hydrogen-bond acceptors (Lipinski definition) is 5. The number of rotatable bonds is 7. The fraction of sp³-hybridized carbons (Fsp3) is 0.278. The number of nitrogens with zero attached hydrogens (tertiary/aromatic N) is 1. The van der Waals surface area contributed by atoms with Crippen LogP contribution < -0.4 is 14.2 Å². The number of anilines is 1. The van der Waals surface area contributed by atoms with Crippen LogP contribution in [0.3, 0.4) is 0 Å². The van der Waals surface area contributed by atoms with Crippen molar-refractivity contribution in [1.29, 1.82) is 0 Å². The largest absolute Gasteiger partial charge is 0.495 e. The number of halogens is 1. The summed E-state index contributed by atoms with van der Waals surface area (Å²) >= 11 is 5.94. The number of hydrogen-bond donors (Lipinski definition) is 1. The number of aryl methyl sites for hydroxylation is 1. The topological polar surface area (TPSA) is 84.9 Å². The molecular weight excluding hydrogens is 392 g/mol. The Kier molecular flexibility index (Phi) is 6.56. The molecular formula is C18H21ClN2O5S. The van der Waals surface area contributed by atoms with E-state index in [2.05, 4.69) is 4.72 Å². The maximum Gasteiger partial charge on any atom is 0.262 e. The van der Waals surface area contributed by atoms with Gasteiger partial charge in [-0.15, -0.1) is 0 Å². The molecule has 0 aliphatic rings. The minimum absolute atomic E-state index is 0.0494. The summed E-state index contributed by atoms with van der Waals surface area (Å²) in [5, 5.41) is 0.374. The molecule has 2 rings (SSSR count). The molecule has 2 aromatic carbocycles. The molecule has 0 aliphatic heterocycles. The van der Waals surface area contributed by atoms with E-state index in [-0.39, 0.29) is 23.1 Å². The van der Waals surface area contributed by atoms with Crippen LogP contribution in [0.4, 0.5) is 5.69 Å². The Hall–Kier alpha value is -2.45. The van der Waals surface area contributed by atoms with Crippen LogP contribution >= 0.6 is 11.6 Å². The molecule has 1 N–H and O–H groups in total. The van der Waals surface area contributed by atoms with Gasteiger partial charge in [0.1, 0.15) is 11.5 Å². The Labute approximate surface area is 163 Å². The molecule has 0 spiro atoms. The Morgan fingerprint density at radius 3 is 2.41 bits per heavy atom. The summed E-state index contributed by atoms with van der Waals surface area (Å²) in [5.74, 6) is 0.590. The molecule has 0 aliphatic carbocycles. The first-order chi connectivity index (χ1) is 12.6. The van der Waals surface area contributed by atoms with Crippen molar-refractivity contribution < 1.29 is 22.7 Å². The third-order valence-corrected chi connectivity index (χ3v) is 5.31. The van der Waals surface area contributed by atoms with E-state index in [1.807, 2.05) is 0 Å². The lowest BCUT2D eigenvalue weighted by molar-refractivity contribution is -0.130. The van der Waals surface area contributed by atoms with Crippen molar-refractivity contribution in [3.8, 4) is 11.5 Å². The van der Waals surface area contributed by atoms with Crippen LogP contribution in [0.25, 0.3) is 0 Å². The van der Waals surface area contributed by atoms with E-state index in [0.717, 1.165) is 0 Å². The van der Waals surface area contributed by atoms with Gasteiger partial charge in [0.2, 0.25) is 0 Å². The lowest BCUT2D eigenvalue weighted by atomic mass is 10.2. The normalized spacial score (nSPS) is 11.0. The van der Waals surface area contributed by atoms with Crippen LogP contribution in [0.5, 0.6) is 11.5 Å². The molecule has 0 fully saturated rings. The van der Waals surface area contributed by atoms with Crippen LogP contribution in [0, 0.1) is 6.92 Å². The summed E-state index contributed by atoms with van der Waals surface area (Å²) in [7, 11) is 0.829. The van der Waals surface area contributed by atoms with Crippen LogP contribution in [-0.4, -0.2) is 47.0 Å². The molecule has 2 aromatic rings. The fourth-order valence-corrected chi connectivity index (χ4v) is 3.50. The fourth-order valence-electron chi connectivity index (χ4n) is 2.18. The van der Waals surface area contributed by atoms with E-state index in [1.54, 1.807) is 33.2 Å². The van der Waals surface area contributed by atoms with Gasteiger partial charge in [-0.2, -0.15) is 0 Å². The molecule has 0 saturated carbocycles. The van der Waals surface area contributed by atoms with E-state index in [1.165, 1.54) is 36.3 Å². The highest BCUT2D eigenvalue weighted by Gasteiger charge is 2.18. The second-order valence-electron chi connectivity index (χ2n) is 5.95. The number of nitrogens with one attached hydrogen (secondary N) is 1. The lowest BCUT2D eigenvalue weighted by Gasteiger charge is -2.15. The highest BCUT2D eigenvalue weighted by atomic mass is 35.5. The predicted molar refractivity (Wildman–Crippen MR) is 104 cm³/mol. The highest BCUT2D eigenvalue weighted by Crippen LogP contribution is 2.30. The van der Waals surface area contributed by atoms with Gasteiger partial charge in [0, 0.05) is 19.1 Å². The minimum Gasteiger partial charge on any atom is -0.495 e. The Morgan fingerprint density at radius 2 is 1.81 bits per heavy atom. The first-order valence-electron chi connectivity index (χ1n) is 7.94. The van der Waals surface area contributed by atoms with Crippen molar-refractivity contribution >= 4 is 33.2 Å². The van der Waals surface area contributed by atoms with Crippen molar-refractivity contribution in [2.75, 3.05) is 32.5 Å². The van der Waals surface area contributed by atoms with Gasteiger partial charge < -0.3 is 14.4 Å². The molecule has 27 heavy (non-hydrogen) atoms. The smallest absolute Gasteiger partial charge is 0.262 e. The molecule has 146 valence electrons. The monoisotopic (exact) mass is 412 g/mol. The minimum atomic E-state index is -3.87. The van der Waals surface area contributed by atoms with Gasteiger partial charge in [0.05, 0.1) is 17.7 Å². The summed E-state index contributed by atoms with van der Waals surface area (Å²) in [5.41, 5.74) is 0.821. The molecule has 0 aromatic heterocycles. The molecule has 9 heteroatoms. The number of amides is 1. The molecule has 0 saturated heterocycles. The summed E-state index contributed by atoms with van der Waals surface area (Å²) < 4.78 is 38.5. The van der Waals surface area contributed by atoms with Gasteiger partial charge >= 0.3 is 0 Å². The van der Waals surface area contributed by atoms with Crippen LogP contribution in [0.2, 0.25) is 5.02 Å². The first-order valence-corrected chi connectivity index (χ1v) is 9.80. The molecule has 0 atom stereocenters. The van der Waals surface area contributed by atoms with Crippen LogP contribution in [0.1, 0.15) is 5.56 Å². The van der Waals surface area contributed by atoms with Gasteiger partial charge in [-0.1, -0.05) is 11.6 Å². The maximum absolute atomic E-state index is 12.7. The van der Waals surface area contributed by atoms with Crippen molar-refractivity contribution in [2.45, 2.75) is 11.8 Å². The SMILES string of the molecule is COc1ccc(Cl)cc1NS(=O)(=O)c1ccc(OCC(=O)N(C)C)c(C)c1. The molecule has 7 nitrogen and oxygen atoms in total. The number of sulfonamides is 1. The average Bonchev–Trinajstić information content (AvgIpc) is 2.60. The van der Waals surface area contributed by atoms with Crippen molar-refractivity contribution in [3.05, 3.63) is 47.0 Å². The van der Waals surface area contributed by atoms with Gasteiger partial charge in [0.25, 0.3) is 15.9 Å². The summed E-state index contributed by atoms with van der Waals surface area (Å²) in [6.07, 6.45) is 0. The summed E-state index contributed by atoms with van der Waals surface area (Å²) in [6, 6.07) is 9.03. The Morgan fingerprint density at radius 1 is 1.15 bits per heavy atom. The van der Waals surface area contributed by atoms with E-state index in [4.69, 9.17) is 21.1 Å². The molecule has 0 bridgehead atoms. The number of likely N-dealkylation sites (N-methyl/N-ethyl adjacent to an activating group) is 1. The Balaban J connectivity index is 2.23. The number of methoxy groups -OCH3 is 1. The summed E-state index contributed by atoms with van der Waals surface area (Å²) in [6.45, 7) is 1.58. The van der Waals surface area contributed by atoms with Crippen molar-refractivity contribution in [3.63, 3.8) is 0 Å². The van der Waals surface area contributed by atoms with E-state index in [9.17, 15) is 13.2 Å². The number of ether oxygens (including phenoxy) is 2. The third-order valence-electron chi connectivity index (χ3n) is 3.71. The van der Waals surface area contributed by atoms with Crippen LogP contribution in [0.15, 0.2) is 41.3 Å².